The molecule has 0 aromatic heterocycles. The van der Waals surface area contributed by atoms with Crippen molar-refractivity contribution in [3.8, 4) is 0 Å². The minimum atomic E-state index is -0.687. The SMILES string of the molecule is CC(C)Cc1ccc([C@H](C)NC[C@@H](O)CO)cc1. The number of rotatable bonds is 7. The summed E-state index contributed by atoms with van der Waals surface area (Å²) in [6, 6.07) is 8.76. The van der Waals surface area contributed by atoms with Gasteiger partial charge >= 0.3 is 0 Å². The van der Waals surface area contributed by atoms with E-state index < -0.39 is 6.10 Å². The topological polar surface area (TPSA) is 52.5 Å². The van der Waals surface area contributed by atoms with Crippen LogP contribution in [0.25, 0.3) is 0 Å². The Labute approximate surface area is 110 Å². The predicted molar refractivity (Wildman–Crippen MR) is 74.5 cm³/mol. The molecule has 0 spiro atoms. The minimum Gasteiger partial charge on any atom is -0.394 e. The van der Waals surface area contributed by atoms with E-state index in [2.05, 4.69) is 50.4 Å². The molecule has 0 aliphatic rings. The molecule has 3 N–H and O–H groups in total. The van der Waals surface area contributed by atoms with Crippen molar-refractivity contribution >= 4 is 0 Å². The maximum atomic E-state index is 9.28. The van der Waals surface area contributed by atoms with Crippen LogP contribution in [0.4, 0.5) is 0 Å². The lowest BCUT2D eigenvalue weighted by Gasteiger charge is -2.17. The first kappa shape index (κ1) is 15.2. The van der Waals surface area contributed by atoms with E-state index in [1.54, 1.807) is 0 Å². The Hall–Kier alpha value is -0.900. The summed E-state index contributed by atoms with van der Waals surface area (Å²) in [6.07, 6.45) is 0.415. The summed E-state index contributed by atoms with van der Waals surface area (Å²) in [4.78, 5) is 0. The van der Waals surface area contributed by atoms with Crippen LogP contribution in [0, 0.1) is 5.92 Å². The molecule has 1 aromatic carbocycles. The molecule has 1 aromatic rings. The fourth-order valence-electron chi connectivity index (χ4n) is 1.91. The van der Waals surface area contributed by atoms with Crippen molar-refractivity contribution in [1.29, 1.82) is 0 Å². The highest BCUT2D eigenvalue weighted by Crippen LogP contribution is 2.15. The summed E-state index contributed by atoms with van der Waals surface area (Å²) in [5.41, 5.74) is 2.56. The van der Waals surface area contributed by atoms with Crippen LogP contribution in [0.15, 0.2) is 24.3 Å². The van der Waals surface area contributed by atoms with Gasteiger partial charge in [-0.15, -0.1) is 0 Å². The van der Waals surface area contributed by atoms with Gasteiger partial charge in [-0.25, -0.2) is 0 Å². The fourth-order valence-corrected chi connectivity index (χ4v) is 1.91. The van der Waals surface area contributed by atoms with Gasteiger partial charge in [-0.1, -0.05) is 38.1 Å². The van der Waals surface area contributed by atoms with Gasteiger partial charge in [-0.2, -0.15) is 0 Å². The monoisotopic (exact) mass is 251 g/mol. The number of aliphatic hydroxyl groups is 2. The van der Waals surface area contributed by atoms with Crippen LogP contribution in [-0.4, -0.2) is 29.5 Å². The second-order valence-electron chi connectivity index (χ2n) is 5.31. The highest BCUT2D eigenvalue weighted by Gasteiger charge is 2.08. The van der Waals surface area contributed by atoms with E-state index >= 15 is 0 Å². The third-order valence-corrected chi connectivity index (χ3v) is 2.99. The molecule has 18 heavy (non-hydrogen) atoms. The average Bonchev–Trinajstić information content (AvgIpc) is 2.35. The van der Waals surface area contributed by atoms with Crippen molar-refractivity contribution in [3.63, 3.8) is 0 Å². The van der Waals surface area contributed by atoms with Crippen LogP contribution >= 0.6 is 0 Å². The summed E-state index contributed by atoms with van der Waals surface area (Å²) in [6.45, 7) is 6.70. The zero-order valence-corrected chi connectivity index (χ0v) is 11.6. The van der Waals surface area contributed by atoms with Crippen molar-refractivity contribution in [1.82, 2.24) is 5.32 Å². The van der Waals surface area contributed by atoms with E-state index in [4.69, 9.17) is 5.11 Å². The lowest BCUT2D eigenvalue weighted by Crippen LogP contribution is -2.31. The van der Waals surface area contributed by atoms with E-state index in [1.165, 1.54) is 11.1 Å². The predicted octanol–water partition coefficient (Wildman–Crippen LogP) is 1.89. The van der Waals surface area contributed by atoms with Gasteiger partial charge < -0.3 is 15.5 Å². The molecular weight excluding hydrogens is 226 g/mol. The normalized spacial score (nSPS) is 14.8. The standard InChI is InChI=1S/C15H25NO2/c1-11(2)8-13-4-6-14(7-5-13)12(3)16-9-15(18)10-17/h4-7,11-12,15-18H,8-10H2,1-3H3/t12-,15+/m0/s1. The van der Waals surface area contributed by atoms with Crippen LogP contribution in [-0.2, 0) is 6.42 Å². The summed E-state index contributed by atoms with van der Waals surface area (Å²) < 4.78 is 0. The third kappa shape index (κ3) is 5.17. The Morgan fingerprint density at radius 3 is 2.22 bits per heavy atom. The molecule has 2 atom stereocenters. The molecule has 3 heteroatoms. The lowest BCUT2D eigenvalue weighted by atomic mass is 10.00. The van der Waals surface area contributed by atoms with Crippen LogP contribution < -0.4 is 5.32 Å². The second kappa shape index (κ2) is 7.52. The van der Waals surface area contributed by atoms with Gasteiger partial charge in [-0.3, -0.25) is 0 Å². The maximum absolute atomic E-state index is 9.28. The van der Waals surface area contributed by atoms with Crippen molar-refractivity contribution in [2.75, 3.05) is 13.2 Å². The molecule has 0 saturated heterocycles. The molecule has 3 nitrogen and oxygen atoms in total. The minimum absolute atomic E-state index is 0.180. The van der Waals surface area contributed by atoms with Gasteiger partial charge in [0.05, 0.1) is 12.7 Å². The molecule has 0 fully saturated rings. The van der Waals surface area contributed by atoms with E-state index in [9.17, 15) is 5.11 Å². The number of hydrogen-bond acceptors (Lipinski definition) is 3. The van der Waals surface area contributed by atoms with E-state index in [-0.39, 0.29) is 12.6 Å². The number of hydrogen-bond donors (Lipinski definition) is 3. The molecule has 0 aliphatic heterocycles. The molecule has 0 bridgehead atoms. The number of nitrogens with one attached hydrogen (secondary N) is 1. The van der Waals surface area contributed by atoms with E-state index in [0.29, 0.717) is 12.5 Å². The summed E-state index contributed by atoms with van der Waals surface area (Å²) in [5.74, 6) is 0.672. The van der Waals surface area contributed by atoms with Crippen molar-refractivity contribution < 1.29 is 10.2 Å². The highest BCUT2D eigenvalue weighted by atomic mass is 16.3. The Morgan fingerprint density at radius 1 is 1.11 bits per heavy atom. The van der Waals surface area contributed by atoms with Gasteiger partial charge in [0, 0.05) is 12.6 Å². The average molecular weight is 251 g/mol. The summed E-state index contributed by atoms with van der Waals surface area (Å²) in [5, 5.41) is 21.2. The summed E-state index contributed by atoms with van der Waals surface area (Å²) >= 11 is 0. The van der Waals surface area contributed by atoms with Crippen LogP contribution in [0.5, 0.6) is 0 Å². The molecule has 0 amide bonds. The van der Waals surface area contributed by atoms with Crippen LogP contribution in [0.3, 0.4) is 0 Å². The Bertz CT molecular complexity index is 335. The van der Waals surface area contributed by atoms with Gasteiger partial charge in [0.15, 0.2) is 0 Å². The molecule has 0 radical (unpaired) electrons. The smallest absolute Gasteiger partial charge is 0.0895 e. The molecule has 0 unspecified atom stereocenters. The van der Waals surface area contributed by atoms with Crippen LogP contribution in [0.2, 0.25) is 0 Å². The Balaban J connectivity index is 2.50. The van der Waals surface area contributed by atoms with Crippen LogP contribution in [0.1, 0.15) is 37.9 Å². The fraction of sp³-hybridized carbons (Fsp3) is 0.600. The first-order valence-corrected chi connectivity index (χ1v) is 6.64. The van der Waals surface area contributed by atoms with Crippen molar-refractivity contribution in [2.45, 2.75) is 39.3 Å². The highest BCUT2D eigenvalue weighted by molar-refractivity contribution is 5.25. The zero-order chi connectivity index (χ0) is 13.5. The van der Waals surface area contributed by atoms with Crippen molar-refractivity contribution in [3.05, 3.63) is 35.4 Å². The maximum Gasteiger partial charge on any atom is 0.0895 e. The number of benzene rings is 1. The van der Waals surface area contributed by atoms with Gasteiger partial charge in [0.1, 0.15) is 0 Å². The molecule has 0 heterocycles. The molecule has 1 rings (SSSR count). The first-order valence-electron chi connectivity index (χ1n) is 6.64. The zero-order valence-electron chi connectivity index (χ0n) is 11.6. The Morgan fingerprint density at radius 2 is 1.72 bits per heavy atom. The van der Waals surface area contributed by atoms with E-state index in [0.717, 1.165) is 6.42 Å². The largest absolute Gasteiger partial charge is 0.394 e. The van der Waals surface area contributed by atoms with Crippen molar-refractivity contribution in [2.24, 2.45) is 5.92 Å². The first-order chi connectivity index (χ1) is 8.52. The molecular formula is C15H25NO2. The number of aliphatic hydroxyl groups excluding tert-OH is 2. The second-order valence-corrected chi connectivity index (χ2v) is 5.31. The Kier molecular flexibility index (Phi) is 6.33. The third-order valence-electron chi connectivity index (χ3n) is 2.99. The lowest BCUT2D eigenvalue weighted by molar-refractivity contribution is 0.0924. The quantitative estimate of drug-likeness (QED) is 0.693. The molecule has 0 saturated carbocycles. The van der Waals surface area contributed by atoms with Gasteiger partial charge in [0.2, 0.25) is 0 Å². The summed E-state index contributed by atoms with van der Waals surface area (Å²) in [7, 11) is 0. The molecule has 0 aliphatic carbocycles. The van der Waals surface area contributed by atoms with E-state index in [1.807, 2.05) is 0 Å². The van der Waals surface area contributed by atoms with Gasteiger partial charge in [0.25, 0.3) is 0 Å². The van der Waals surface area contributed by atoms with Gasteiger partial charge in [-0.05, 0) is 30.4 Å². The molecule has 102 valence electrons.